The van der Waals surface area contributed by atoms with Crippen molar-refractivity contribution in [2.75, 3.05) is 44.9 Å². The van der Waals surface area contributed by atoms with E-state index < -0.39 is 27.7 Å². The molecule has 0 aliphatic rings. The van der Waals surface area contributed by atoms with E-state index >= 15 is 0 Å². The maximum absolute atomic E-state index is 13.2. The number of nitrogens with one attached hydrogen (secondary N) is 2. The molecule has 0 aliphatic heterocycles. The molecule has 29 heavy (non-hydrogen) atoms. The van der Waals surface area contributed by atoms with E-state index in [1.807, 2.05) is 0 Å². The first-order chi connectivity index (χ1) is 13.6. The van der Waals surface area contributed by atoms with Gasteiger partial charge in [0.1, 0.15) is 5.82 Å². The fourth-order valence-electron chi connectivity index (χ4n) is 2.46. The van der Waals surface area contributed by atoms with E-state index in [1.165, 1.54) is 55.4 Å². The summed E-state index contributed by atoms with van der Waals surface area (Å²) in [5.74, 6) is -1.27. The number of amides is 2. The summed E-state index contributed by atoms with van der Waals surface area (Å²) in [5, 5.41) is 5.16. The number of likely N-dealkylation sites (N-methyl/N-ethyl adjacent to an activating group) is 1. The molecule has 0 saturated heterocycles. The third kappa shape index (κ3) is 6.63. The van der Waals surface area contributed by atoms with Crippen LogP contribution in [0.25, 0.3) is 0 Å². The maximum atomic E-state index is 13.2. The number of anilines is 2. The zero-order valence-electron chi connectivity index (χ0n) is 16.3. The van der Waals surface area contributed by atoms with Gasteiger partial charge in [-0.3, -0.25) is 14.5 Å². The van der Waals surface area contributed by atoms with Crippen molar-refractivity contribution in [1.29, 1.82) is 0 Å². The van der Waals surface area contributed by atoms with E-state index in [0.717, 1.165) is 4.31 Å². The Balaban J connectivity index is 1.91. The summed E-state index contributed by atoms with van der Waals surface area (Å²) < 4.78 is 38.6. The Kier molecular flexibility index (Phi) is 7.43. The highest BCUT2D eigenvalue weighted by molar-refractivity contribution is 7.89. The van der Waals surface area contributed by atoms with Crippen LogP contribution in [0, 0.1) is 5.82 Å². The topological polar surface area (TPSA) is 98.8 Å². The first-order valence-electron chi connectivity index (χ1n) is 8.64. The molecule has 0 aliphatic carbocycles. The van der Waals surface area contributed by atoms with Crippen molar-refractivity contribution >= 4 is 33.2 Å². The van der Waals surface area contributed by atoms with E-state index in [1.54, 1.807) is 19.2 Å². The fraction of sp³-hybridized carbons (Fsp3) is 0.263. The fourth-order valence-corrected chi connectivity index (χ4v) is 3.41. The van der Waals surface area contributed by atoms with Crippen molar-refractivity contribution in [3.05, 3.63) is 54.3 Å². The minimum Gasteiger partial charge on any atom is -0.325 e. The average molecular weight is 422 g/mol. The van der Waals surface area contributed by atoms with E-state index in [-0.39, 0.29) is 18.0 Å². The molecule has 2 aromatic carbocycles. The Hall–Kier alpha value is -2.82. The molecule has 8 nitrogen and oxygen atoms in total. The van der Waals surface area contributed by atoms with Crippen molar-refractivity contribution in [1.82, 2.24) is 9.21 Å². The second kappa shape index (κ2) is 9.59. The van der Waals surface area contributed by atoms with Gasteiger partial charge in [-0.25, -0.2) is 17.1 Å². The van der Waals surface area contributed by atoms with Crippen LogP contribution in [0.2, 0.25) is 0 Å². The molecule has 0 heterocycles. The Labute approximate surface area is 169 Å². The molecule has 0 bridgehead atoms. The monoisotopic (exact) mass is 422 g/mol. The van der Waals surface area contributed by atoms with Crippen molar-refractivity contribution in [2.45, 2.75) is 4.90 Å². The lowest BCUT2D eigenvalue weighted by Gasteiger charge is -2.16. The van der Waals surface area contributed by atoms with Gasteiger partial charge in [-0.15, -0.1) is 0 Å². The molecule has 2 rings (SSSR count). The van der Waals surface area contributed by atoms with Crippen molar-refractivity contribution in [3.8, 4) is 0 Å². The van der Waals surface area contributed by atoms with Crippen LogP contribution in [0.15, 0.2) is 53.4 Å². The van der Waals surface area contributed by atoms with E-state index in [2.05, 4.69) is 10.6 Å². The van der Waals surface area contributed by atoms with Crippen LogP contribution in [-0.2, 0) is 19.6 Å². The van der Waals surface area contributed by atoms with Crippen LogP contribution in [0.5, 0.6) is 0 Å². The molecule has 0 saturated carbocycles. The van der Waals surface area contributed by atoms with Gasteiger partial charge in [0.25, 0.3) is 0 Å². The molecule has 156 valence electrons. The SMILES string of the molecule is CN(CC(=O)Nc1cccc(F)c1)CC(=O)Nc1cccc(S(=O)(=O)N(C)C)c1. The van der Waals surface area contributed by atoms with Gasteiger partial charge in [-0.05, 0) is 43.4 Å². The number of sulfonamides is 1. The Morgan fingerprint density at radius 2 is 1.41 bits per heavy atom. The Morgan fingerprint density at radius 1 is 0.897 bits per heavy atom. The highest BCUT2D eigenvalue weighted by Gasteiger charge is 2.18. The predicted octanol–water partition coefficient (Wildman–Crippen LogP) is 1.58. The largest absolute Gasteiger partial charge is 0.325 e. The minimum absolute atomic E-state index is 0.0584. The summed E-state index contributed by atoms with van der Waals surface area (Å²) in [7, 11) is 0.808. The lowest BCUT2D eigenvalue weighted by atomic mass is 10.3. The third-order valence-electron chi connectivity index (χ3n) is 3.83. The lowest BCUT2D eigenvalue weighted by Crippen LogP contribution is -2.36. The Bertz CT molecular complexity index is 995. The molecule has 0 spiro atoms. The zero-order valence-corrected chi connectivity index (χ0v) is 17.2. The first-order valence-corrected chi connectivity index (χ1v) is 10.1. The van der Waals surface area contributed by atoms with Gasteiger partial charge in [-0.1, -0.05) is 12.1 Å². The summed E-state index contributed by atoms with van der Waals surface area (Å²) >= 11 is 0. The molecule has 10 heteroatoms. The smallest absolute Gasteiger partial charge is 0.242 e. The number of hydrogen-bond donors (Lipinski definition) is 2. The van der Waals surface area contributed by atoms with Crippen LogP contribution >= 0.6 is 0 Å². The number of halogens is 1. The van der Waals surface area contributed by atoms with Crippen LogP contribution in [-0.4, -0.2) is 63.7 Å². The van der Waals surface area contributed by atoms with Gasteiger partial charge in [0.15, 0.2) is 0 Å². The molecule has 2 amide bonds. The van der Waals surface area contributed by atoms with Crippen LogP contribution < -0.4 is 10.6 Å². The van der Waals surface area contributed by atoms with Gasteiger partial charge in [0, 0.05) is 25.5 Å². The first kappa shape index (κ1) is 22.5. The summed E-state index contributed by atoms with van der Waals surface area (Å²) in [6.45, 7) is -0.180. The summed E-state index contributed by atoms with van der Waals surface area (Å²) in [4.78, 5) is 25.8. The van der Waals surface area contributed by atoms with E-state index in [0.29, 0.717) is 11.4 Å². The van der Waals surface area contributed by atoms with Crippen molar-refractivity contribution in [3.63, 3.8) is 0 Å². The van der Waals surface area contributed by atoms with Crippen LogP contribution in [0.3, 0.4) is 0 Å². The molecule has 2 N–H and O–H groups in total. The number of carbonyl (C=O) groups excluding carboxylic acids is 2. The molecular formula is C19H23FN4O4S. The third-order valence-corrected chi connectivity index (χ3v) is 5.64. The highest BCUT2D eigenvalue weighted by Crippen LogP contribution is 2.18. The van der Waals surface area contributed by atoms with Crippen LogP contribution in [0.1, 0.15) is 0 Å². The second-order valence-electron chi connectivity index (χ2n) is 6.59. The van der Waals surface area contributed by atoms with E-state index in [4.69, 9.17) is 0 Å². The predicted molar refractivity (Wildman–Crippen MR) is 108 cm³/mol. The van der Waals surface area contributed by atoms with Gasteiger partial charge >= 0.3 is 0 Å². The molecule has 0 atom stereocenters. The number of nitrogens with zero attached hydrogens (tertiary/aromatic N) is 2. The normalized spacial score (nSPS) is 11.5. The average Bonchev–Trinajstić information content (AvgIpc) is 2.61. The molecular weight excluding hydrogens is 399 g/mol. The van der Waals surface area contributed by atoms with Crippen LogP contribution in [0.4, 0.5) is 15.8 Å². The summed E-state index contributed by atoms with van der Waals surface area (Å²) in [6, 6.07) is 11.4. The minimum atomic E-state index is -3.61. The van der Waals surface area contributed by atoms with Gasteiger partial charge in [0.2, 0.25) is 21.8 Å². The number of rotatable bonds is 8. The van der Waals surface area contributed by atoms with Gasteiger partial charge in [-0.2, -0.15) is 0 Å². The van der Waals surface area contributed by atoms with Gasteiger partial charge in [0.05, 0.1) is 18.0 Å². The summed E-state index contributed by atoms with van der Waals surface area (Å²) in [6.07, 6.45) is 0. The molecule has 0 unspecified atom stereocenters. The second-order valence-corrected chi connectivity index (χ2v) is 8.75. The number of carbonyl (C=O) groups is 2. The molecule has 0 aromatic heterocycles. The quantitative estimate of drug-likeness (QED) is 0.673. The zero-order chi connectivity index (χ0) is 21.6. The standard InChI is InChI=1S/C19H23FN4O4S/c1-23(2)29(27,28)17-9-5-8-16(11-17)22-19(26)13-24(3)12-18(25)21-15-7-4-6-14(20)10-15/h4-11H,12-13H2,1-3H3,(H,21,25)(H,22,26). The maximum Gasteiger partial charge on any atom is 0.242 e. The molecule has 0 fully saturated rings. The van der Waals surface area contributed by atoms with Gasteiger partial charge < -0.3 is 10.6 Å². The number of hydrogen-bond acceptors (Lipinski definition) is 5. The van der Waals surface area contributed by atoms with E-state index in [9.17, 15) is 22.4 Å². The van der Waals surface area contributed by atoms with Crippen molar-refractivity contribution in [2.24, 2.45) is 0 Å². The van der Waals surface area contributed by atoms with Crippen molar-refractivity contribution < 1.29 is 22.4 Å². The summed E-state index contributed by atoms with van der Waals surface area (Å²) in [5.41, 5.74) is 0.655. The Morgan fingerprint density at radius 3 is 1.93 bits per heavy atom. The molecule has 2 aromatic rings. The number of benzene rings is 2. The molecule has 0 radical (unpaired) electrons. The highest BCUT2D eigenvalue weighted by atomic mass is 32.2. The lowest BCUT2D eigenvalue weighted by molar-refractivity contribution is -0.119.